The van der Waals surface area contributed by atoms with E-state index in [4.69, 9.17) is 0 Å². The smallest absolute Gasteiger partial charge is 0.219 e. The van der Waals surface area contributed by atoms with Crippen molar-refractivity contribution >= 4 is 5.96 Å². The molecule has 2 rings (SSSR count). The largest absolute Gasteiger partial charge is 0.350 e. The summed E-state index contributed by atoms with van der Waals surface area (Å²) in [6.45, 7) is 2.94. The van der Waals surface area contributed by atoms with Crippen molar-refractivity contribution in [3.05, 3.63) is 18.5 Å². The highest BCUT2D eigenvalue weighted by molar-refractivity contribution is 5.83. The number of hydrogen-bond donors (Lipinski definition) is 1. The molecule has 1 atom stereocenters. The van der Waals surface area contributed by atoms with Gasteiger partial charge in [-0.15, -0.1) is 0 Å². The van der Waals surface area contributed by atoms with Crippen LogP contribution in [-0.2, 0) is 0 Å². The Hall–Kier alpha value is -1.32. The Labute approximate surface area is 64.9 Å². The molecule has 1 aliphatic heterocycles. The molecule has 1 aromatic heterocycles. The predicted molar refractivity (Wildman–Crippen MR) is 42.5 cm³/mol. The van der Waals surface area contributed by atoms with Crippen LogP contribution in [0.1, 0.15) is 6.92 Å². The molecule has 1 unspecified atom stereocenters. The monoisotopic (exact) mass is 150 g/mol. The zero-order valence-corrected chi connectivity index (χ0v) is 6.36. The molecule has 4 heteroatoms. The van der Waals surface area contributed by atoms with Gasteiger partial charge in [-0.05, 0) is 13.0 Å². The van der Waals surface area contributed by atoms with Gasteiger partial charge >= 0.3 is 0 Å². The van der Waals surface area contributed by atoms with Gasteiger partial charge in [0, 0.05) is 18.4 Å². The van der Waals surface area contributed by atoms with E-state index < -0.39 is 0 Å². The van der Waals surface area contributed by atoms with Crippen molar-refractivity contribution in [2.24, 2.45) is 4.99 Å². The van der Waals surface area contributed by atoms with Gasteiger partial charge in [0.2, 0.25) is 5.96 Å². The van der Waals surface area contributed by atoms with E-state index in [-0.39, 0.29) is 0 Å². The van der Waals surface area contributed by atoms with Gasteiger partial charge in [0.25, 0.3) is 0 Å². The van der Waals surface area contributed by atoms with Crippen LogP contribution in [-0.4, -0.2) is 28.3 Å². The number of aliphatic imine (C=N–C) groups is 1. The van der Waals surface area contributed by atoms with Crippen LogP contribution < -0.4 is 5.32 Å². The molecule has 0 aromatic carbocycles. The van der Waals surface area contributed by atoms with Crippen molar-refractivity contribution in [3.8, 4) is 0 Å². The van der Waals surface area contributed by atoms with E-state index in [9.17, 15) is 0 Å². The molecule has 11 heavy (non-hydrogen) atoms. The lowest BCUT2D eigenvalue weighted by molar-refractivity contribution is 0.713. The summed E-state index contributed by atoms with van der Waals surface area (Å²) in [7, 11) is 0. The first kappa shape index (κ1) is 6.39. The maximum atomic E-state index is 4.27. The van der Waals surface area contributed by atoms with Gasteiger partial charge < -0.3 is 5.32 Å². The third kappa shape index (κ3) is 1.11. The van der Waals surface area contributed by atoms with Crippen molar-refractivity contribution in [2.75, 3.05) is 6.54 Å². The van der Waals surface area contributed by atoms with E-state index in [2.05, 4.69) is 22.3 Å². The molecule has 4 nitrogen and oxygen atoms in total. The SMILES string of the molecule is CC1CN=C(n2cccn2)N1. The predicted octanol–water partition coefficient (Wildman–Crippen LogP) is 0.0789. The maximum absolute atomic E-state index is 4.27. The molecule has 0 saturated heterocycles. The summed E-state index contributed by atoms with van der Waals surface area (Å²) in [5.41, 5.74) is 0. The third-order valence-corrected chi connectivity index (χ3v) is 1.61. The maximum Gasteiger partial charge on any atom is 0.219 e. The van der Waals surface area contributed by atoms with Gasteiger partial charge in [0.15, 0.2) is 0 Å². The Bertz CT molecular complexity index is 262. The first-order chi connectivity index (χ1) is 5.36. The molecule has 1 aromatic rings. The number of hydrogen-bond acceptors (Lipinski definition) is 3. The van der Waals surface area contributed by atoms with Crippen molar-refractivity contribution in [2.45, 2.75) is 13.0 Å². The molecule has 0 fully saturated rings. The summed E-state index contributed by atoms with van der Waals surface area (Å²) in [4.78, 5) is 4.27. The van der Waals surface area contributed by atoms with Gasteiger partial charge in [-0.25, -0.2) is 9.67 Å². The van der Waals surface area contributed by atoms with Crippen molar-refractivity contribution in [1.82, 2.24) is 15.1 Å². The van der Waals surface area contributed by atoms with Gasteiger partial charge in [-0.2, -0.15) is 5.10 Å². The second kappa shape index (κ2) is 2.38. The Balaban J connectivity index is 2.19. The van der Waals surface area contributed by atoms with Gasteiger partial charge in [-0.1, -0.05) is 0 Å². The zero-order chi connectivity index (χ0) is 7.68. The summed E-state index contributed by atoms with van der Waals surface area (Å²) >= 11 is 0. The normalized spacial score (nSPS) is 23.0. The zero-order valence-electron chi connectivity index (χ0n) is 6.36. The molecule has 1 N–H and O–H groups in total. The van der Waals surface area contributed by atoms with Crippen molar-refractivity contribution in [1.29, 1.82) is 0 Å². The quantitative estimate of drug-likeness (QED) is 0.569. The van der Waals surface area contributed by atoms with Gasteiger partial charge in [0.05, 0.1) is 6.54 Å². The lowest BCUT2D eigenvalue weighted by atomic mass is 10.4. The fourth-order valence-corrected chi connectivity index (χ4v) is 1.07. The fraction of sp³-hybridized carbons (Fsp3) is 0.429. The average molecular weight is 150 g/mol. The summed E-state index contributed by atoms with van der Waals surface area (Å²) in [5.74, 6) is 0.850. The Kier molecular flexibility index (Phi) is 1.38. The highest BCUT2D eigenvalue weighted by Crippen LogP contribution is 1.95. The minimum Gasteiger partial charge on any atom is -0.350 e. The topological polar surface area (TPSA) is 42.2 Å². The summed E-state index contributed by atoms with van der Waals surface area (Å²) in [6.07, 6.45) is 3.62. The van der Waals surface area contributed by atoms with Crippen LogP contribution in [0, 0.1) is 0 Å². The van der Waals surface area contributed by atoms with Crippen molar-refractivity contribution < 1.29 is 0 Å². The minimum atomic E-state index is 0.439. The third-order valence-electron chi connectivity index (χ3n) is 1.61. The van der Waals surface area contributed by atoms with Crippen LogP contribution in [0.4, 0.5) is 0 Å². The van der Waals surface area contributed by atoms with Gasteiger partial charge in [-0.3, -0.25) is 0 Å². The number of nitrogens with zero attached hydrogens (tertiary/aromatic N) is 3. The van der Waals surface area contributed by atoms with Crippen molar-refractivity contribution in [3.63, 3.8) is 0 Å². The van der Waals surface area contributed by atoms with Crippen LogP contribution in [0.25, 0.3) is 0 Å². The minimum absolute atomic E-state index is 0.439. The van der Waals surface area contributed by atoms with E-state index in [1.54, 1.807) is 10.9 Å². The summed E-state index contributed by atoms with van der Waals surface area (Å²) < 4.78 is 1.74. The Morgan fingerprint density at radius 1 is 1.73 bits per heavy atom. The second-order valence-electron chi connectivity index (χ2n) is 2.66. The molecule has 58 valence electrons. The first-order valence-corrected chi connectivity index (χ1v) is 3.67. The summed E-state index contributed by atoms with van der Waals surface area (Å²) in [5, 5.41) is 7.26. The molecular formula is C7H10N4. The van der Waals surface area contributed by atoms with Crippen LogP contribution in [0.5, 0.6) is 0 Å². The second-order valence-corrected chi connectivity index (χ2v) is 2.66. The number of nitrogens with one attached hydrogen (secondary N) is 1. The highest BCUT2D eigenvalue weighted by Gasteiger charge is 2.13. The molecule has 0 spiro atoms. The molecule has 0 bridgehead atoms. The van der Waals surface area contributed by atoms with E-state index in [0.717, 1.165) is 12.5 Å². The van der Waals surface area contributed by atoms with E-state index in [0.29, 0.717) is 6.04 Å². The van der Waals surface area contributed by atoms with Crippen LogP contribution in [0.15, 0.2) is 23.5 Å². The number of aromatic nitrogens is 2. The Morgan fingerprint density at radius 2 is 2.64 bits per heavy atom. The Morgan fingerprint density at radius 3 is 3.18 bits per heavy atom. The molecule has 0 radical (unpaired) electrons. The lowest BCUT2D eigenvalue weighted by Gasteiger charge is -2.04. The van der Waals surface area contributed by atoms with E-state index in [1.165, 1.54) is 0 Å². The molecule has 0 saturated carbocycles. The lowest BCUT2D eigenvalue weighted by Crippen LogP contribution is -2.32. The highest BCUT2D eigenvalue weighted by atomic mass is 15.4. The first-order valence-electron chi connectivity index (χ1n) is 3.67. The molecule has 0 aliphatic carbocycles. The van der Waals surface area contributed by atoms with E-state index in [1.807, 2.05) is 12.3 Å². The molecule has 0 amide bonds. The average Bonchev–Trinajstić information content (AvgIpc) is 2.55. The number of rotatable bonds is 0. The van der Waals surface area contributed by atoms with Gasteiger partial charge in [0.1, 0.15) is 0 Å². The molecular weight excluding hydrogens is 140 g/mol. The molecule has 1 aliphatic rings. The van der Waals surface area contributed by atoms with Crippen LogP contribution >= 0.6 is 0 Å². The van der Waals surface area contributed by atoms with E-state index >= 15 is 0 Å². The fourth-order valence-electron chi connectivity index (χ4n) is 1.07. The van der Waals surface area contributed by atoms with Crippen LogP contribution in [0.3, 0.4) is 0 Å². The summed E-state index contributed by atoms with van der Waals surface area (Å²) in [6, 6.07) is 2.32. The standard InChI is InChI=1S/C7H10N4/c1-6-5-8-7(10-6)11-4-2-3-9-11/h2-4,6H,5H2,1H3,(H,8,10). The molecule has 2 heterocycles. The van der Waals surface area contributed by atoms with Crippen LogP contribution in [0.2, 0.25) is 0 Å².